The van der Waals surface area contributed by atoms with E-state index in [2.05, 4.69) is 14.9 Å². The fourth-order valence-electron chi connectivity index (χ4n) is 3.57. The Hall–Kier alpha value is -3.67. The zero-order valence-corrected chi connectivity index (χ0v) is 20.7. The van der Waals surface area contributed by atoms with Gasteiger partial charge in [-0.05, 0) is 60.7 Å². The van der Waals surface area contributed by atoms with Crippen molar-refractivity contribution in [3.63, 3.8) is 0 Å². The molecule has 0 saturated carbocycles. The number of fused-ring (bicyclic) bond motifs is 1. The molecule has 35 heavy (non-hydrogen) atoms. The van der Waals surface area contributed by atoms with Gasteiger partial charge in [-0.2, -0.15) is 5.10 Å². The number of anilines is 1. The molecule has 0 aliphatic rings. The summed E-state index contributed by atoms with van der Waals surface area (Å²) in [4.78, 5) is 0.0346. The van der Waals surface area contributed by atoms with Gasteiger partial charge in [0.05, 0.1) is 28.1 Å². The molecular weight excluding hydrogens is 506 g/mol. The lowest BCUT2D eigenvalue weighted by atomic mass is 10.1. The summed E-state index contributed by atoms with van der Waals surface area (Å²) in [5, 5.41) is 9.38. The third-order valence-corrected chi connectivity index (χ3v) is 10.1. The highest BCUT2D eigenvalue weighted by atomic mass is 32.2. The Labute approximate surface area is 206 Å². The fraction of sp³-hybridized carbons (Fsp3) is 0.0417. The molecule has 0 bridgehead atoms. The molecule has 2 heterocycles. The van der Waals surface area contributed by atoms with Crippen molar-refractivity contribution in [2.45, 2.75) is 14.0 Å². The SMILES string of the molecule is COc1ccc(-c2n[nH]c3ccc(NS(=O)(=O)c4cc(S(=O)(=O)c5ccccc5)cs4)cc23)cc1. The van der Waals surface area contributed by atoms with Crippen molar-refractivity contribution in [2.24, 2.45) is 0 Å². The largest absolute Gasteiger partial charge is 0.497 e. The van der Waals surface area contributed by atoms with Crippen LogP contribution in [-0.2, 0) is 19.9 Å². The van der Waals surface area contributed by atoms with Crippen LogP contribution in [0.15, 0.2) is 98.2 Å². The molecule has 11 heteroatoms. The van der Waals surface area contributed by atoms with E-state index in [1.54, 1.807) is 43.5 Å². The lowest BCUT2D eigenvalue weighted by Crippen LogP contribution is -2.11. The quantitative estimate of drug-likeness (QED) is 0.311. The molecule has 0 atom stereocenters. The number of methoxy groups -OCH3 is 1. The lowest BCUT2D eigenvalue weighted by Gasteiger charge is -2.07. The topological polar surface area (TPSA) is 118 Å². The van der Waals surface area contributed by atoms with E-state index in [0.717, 1.165) is 27.8 Å². The van der Waals surface area contributed by atoms with Gasteiger partial charge in [0.15, 0.2) is 0 Å². The smallest absolute Gasteiger partial charge is 0.271 e. The third-order valence-electron chi connectivity index (χ3n) is 5.36. The Kier molecular flexibility index (Phi) is 5.83. The molecule has 0 saturated heterocycles. The monoisotopic (exact) mass is 525 g/mol. The van der Waals surface area contributed by atoms with E-state index in [9.17, 15) is 16.8 Å². The lowest BCUT2D eigenvalue weighted by molar-refractivity contribution is 0.415. The molecule has 0 aliphatic carbocycles. The highest BCUT2D eigenvalue weighted by Gasteiger charge is 2.24. The van der Waals surface area contributed by atoms with Crippen LogP contribution < -0.4 is 9.46 Å². The van der Waals surface area contributed by atoms with E-state index in [1.165, 1.54) is 23.6 Å². The molecule has 178 valence electrons. The van der Waals surface area contributed by atoms with Crippen LogP contribution in [0, 0.1) is 0 Å². The standard InChI is InChI=1S/C24H19N3O5S3/c1-32-18-10-7-16(8-11-18)24-21-13-17(9-12-22(21)25-26-24)27-35(30,31)23-14-20(15-33-23)34(28,29)19-5-3-2-4-6-19/h2-15,27H,1H3,(H,25,26). The summed E-state index contributed by atoms with van der Waals surface area (Å²) >= 11 is 0.846. The Balaban J connectivity index is 1.45. The molecule has 0 fully saturated rings. The average Bonchev–Trinajstić information content (AvgIpc) is 3.53. The third kappa shape index (κ3) is 4.41. The summed E-state index contributed by atoms with van der Waals surface area (Å²) in [6.45, 7) is 0. The second kappa shape index (κ2) is 8.84. The first-order valence-corrected chi connectivity index (χ1v) is 14.2. The molecule has 8 nitrogen and oxygen atoms in total. The zero-order valence-electron chi connectivity index (χ0n) is 18.3. The van der Waals surface area contributed by atoms with Crippen LogP contribution >= 0.6 is 11.3 Å². The molecule has 0 unspecified atom stereocenters. The van der Waals surface area contributed by atoms with Crippen molar-refractivity contribution in [3.05, 3.63) is 84.2 Å². The van der Waals surface area contributed by atoms with Crippen molar-refractivity contribution >= 4 is 47.8 Å². The van der Waals surface area contributed by atoms with Gasteiger partial charge >= 0.3 is 0 Å². The first-order valence-electron chi connectivity index (χ1n) is 10.3. The summed E-state index contributed by atoms with van der Waals surface area (Å²) in [5.41, 5.74) is 2.57. The van der Waals surface area contributed by atoms with E-state index >= 15 is 0 Å². The number of H-pyrrole nitrogens is 1. The number of rotatable bonds is 7. The van der Waals surface area contributed by atoms with Crippen LogP contribution in [0.5, 0.6) is 5.75 Å². The highest BCUT2D eigenvalue weighted by molar-refractivity contribution is 7.95. The Morgan fingerprint density at radius 2 is 1.63 bits per heavy atom. The second-order valence-electron chi connectivity index (χ2n) is 7.58. The molecule has 0 amide bonds. The van der Waals surface area contributed by atoms with Crippen LogP contribution in [0.2, 0.25) is 0 Å². The number of nitrogens with zero attached hydrogens (tertiary/aromatic N) is 1. The van der Waals surface area contributed by atoms with Gasteiger partial charge < -0.3 is 4.74 Å². The molecule has 5 rings (SSSR count). The zero-order chi connectivity index (χ0) is 24.6. The number of sulfonamides is 1. The van der Waals surface area contributed by atoms with Gasteiger partial charge in [-0.15, -0.1) is 11.3 Å². The number of aromatic amines is 1. The Bertz CT molecular complexity index is 1720. The molecule has 2 aromatic heterocycles. The summed E-state index contributed by atoms with van der Waals surface area (Å²) in [6, 6.07) is 21.5. The normalized spacial score (nSPS) is 12.0. The molecular formula is C24H19N3O5S3. The van der Waals surface area contributed by atoms with Gasteiger partial charge in [-0.1, -0.05) is 18.2 Å². The van der Waals surface area contributed by atoms with Crippen molar-refractivity contribution in [2.75, 3.05) is 11.8 Å². The summed E-state index contributed by atoms with van der Waals surface area (Å²) in [7, 11) is -6.25. The number of thiophene rings is 1. The molecule has 5 aromatic rings. The average molecular weight is 526 g/mol. The highest BCUT2D eigenvalue weighted by Crippen LogP contribution is 2.32. The van der Waals surface area contributed by atoms with Crippen molar-refractivity contribution in [1.82, 2.24) is 10.2 Å². The van der Waals surface area contributed by atoms with E-state index in [1.807, 2.05) is 24.3 Å². The minimum Gasteiger partial charge on any atom is -0.497 e. The Morgan fingerprint density at radius 1 is 0.886 bits per heavy atom. The second-order valence-corrected chi connectivity index (χ2v) is 12.4. The van der Waals surface area contributed by atoms with Gasteiger partial charge in [0.25, 0.3) is 10.0 Å². The maximum Gasteiger partial charge on any atom is 0.271 e. The predicted molar refractivity (Wildman–Crippen MR) is 135 cm³/mol. The fourth-order valence-corrected chi connectivity index (χ4v) is 7.52. The number of aromatic nitrogens is 2. The number of benzene rings is 3. The molecule has 0 spiro atoms. The van der Waals surface area contributed by atoms with E-state index in [-0.39, 0.29) is 14.0 Å². The number of sulfone groups is 1. The molecule has 0 aliphatic heterocycles. The van der Waals surface area contributed by atoms with Crippen LogP contribution in [0.1, 0.15) is 0 Å². The molecule has 0 radical (unpaired) electrons. The number of ether oxygens (including phenoxy) is 1. The number of nitrogens with one attached hydrogen (secondary N) is 2. The minimum absolute atomic E-state index is 0.0684. The maximum atomic E-state index is 13.0. The van der Waals surface area contributed by atoms with Crippen molar-refractivity contribution in [3.8, 4) is 17.0 Å². The van der Waals surface area contributed by atoms with E-state index < -0.39 is 19.9 Å². The summed E-state index contributed by atoms with van der Waals surface area (Å²) in [6.07, 6.45) is 0. The number of hydrogen-bond acceptors (Lipinski definition) is 7. The maximum absolute atomic E-state index is 13.0. The van der Waals surface area contributed by atoms with Crippen molar-refractivity contribution in [1.29, 1.82) is 0 Å². The van der Waals surface area contributed by atoms with Crippen LogP contribution in [0.4, 0.5) is 5.69 Å². The first-order chi connectivity index (χ1) is 16.8. The molecule has 2 N–H and O–H groups in total. The van der Waals surface area contributed by atoms with Gasteiger partial charge in [-0.3, -0.25) is 9.82 Å². The van der Waals surface area contributed by atoms with Gasteiger partial charge in [-0.25, -0.2) is 16.8 Å². The van der Waals surface area contributed by atoms with Crippen LogP contribution in [0.25, 0.3) is 22.2 Å². The Morgan fingerprint density at radius 3 is 2.34 bits per heavy atom. The molecule has 3 aromatic carbocycles. The summed E-state index contributed by atoms with van der Waals surface area (Å²) in [5.74, 6) is 0.714. The summed E-state index contributed by atoms with van der Waals surface area (Å²) < 4.78 is 59.4. The minimum atomic E-state index is -4.02. The van der Waals surface area contributed by atoms with E-state index in [4.69, 9.17) is 4.74 Å². The first kappa shape index (κ1) is 23.1. The van der Waals surface area contributed by atoms with Gasteiger partial charge in [0.1, 0.15) is 9.96 Å². The van der Waals surface area contributed by atoms with Gasteiger partial charge in [0.2, 0.25) is 9.84 Å². The van der Waals surface area contributed by atoms with Crippen LogP contribution in [-0.4, -0.2) is 34.1 Å². The predicted octanol–water partition coefficient (Wildman–Crippen LogP) is 4.93. The van der Waals surface area contributed by atoms with Gasteiger partial charge in [0, 0.05) is 22.0 Å². The number of hydrogen-bond donors (Lipinski definition) is 2. The van der Waals surface area contributed by atoms with E-state index in [0.29, 0.717) is 17.1 Å². The van der Waals surface area contributed by atoms with Crippen LogP contribution in [0.3, 0.4) is 0 Å². The van der Waals surface area contributed by atoms with Crippen molar-refractivity contribution < 1.29 is 21.6 Å².